The highest BCUT2D eigenvalue weighted by Crippen LogP contribution is 2.22. The summed E-state index contributed by atoms with van der Waals surface area (Å²) >= 11 is 3.06. The number of benzene rings is 2. The van der Waals surface area contributed by atoms with E-state index >= 15 is 0 Å². The number of hydrogen-bond acceptors (Lipinski definition) is 4. The van der Waals surface area contributed by atoms with Crippen molar-refractivity contribution in [2.75, 3.05) is 14.2 Å². The van der Waals surface area contributed by atoms with Crippen LogP contribution >= 0.6 is 15.9 Å². The number of H-pyrrole nitrogens is 1. The average Bonchev–Trinajstić information content (AvgIpc) is 2.65. The number of fused-ring (bicyclic) bond motifs is 1. The highest BCUT2D eigenvalue weighted by molar-refractivity contribution is 9.10. The first kappa shape index (κ1) is 18.9. The average molecular weight is 432 g/mol. The third kappa shape index (κ3) is 4.28. The van der Waals surface area contributed by atoms with Gasteiger partial charge in [0.15, 0.2) is 0 Å². The van der Waals surface area contributed by atoms with Crippen LogP contribution in [0.15, 0.2) is 56.7 Å². The molecule has 0 atom stereocenters. The summed E-state index contributed by atoms with van der Waals surface area (Å²) in [5, 5.41) is 2.10. The van der Waals surface area contributed by atoms with E-state index in [1.807, 2.05) is 36.4 Å². The molecule has 0 bridgehead atoms. The van der Waals surface area contributed by atoms with E-state index in [0.29, 0.717) is 6.54 Å². The summed E-state index contributed by atoms with van der Waals surface area (Å²) < 4.78 is 6.58. The Hall–Kier alpha value is -2.87. The van der Waals surface area contributed by atoms with Crippen LogP contribution in [0.25, 0.3) is 10.8 Å². The van der Waals surface area contributed by atoms with Gasteiger partial charge in [0.05, 0.1) is 11.6 Å². The molecule has 3 aromatic rings. The molecular weight excluding hydrogens is 414 g/mol. The first-order valence-electron chi connectivity index (χ1n) is 8.17. The molecule has 3 rings (SSSR count). The first-order valence-corrected chi connectivity index (χ1v) is 8.96. The Kier molecular flexibility index (Phi) is 5.46. The molecule has 2 aromatic carbocycles. The number of amides is 1. The van der Waals surface area contributed by atoms with E-state index in [1.165, 1.54) is 11.1 Å². The fraction of sp³-hybridized carbons (Fsp3) is 0.211. The maximum atomic E-state index is 12.5. The number of carbonyl (C=O) groups is 1. The number of likely N-dealkylation sites (N-methyl/N-ethyl adjacent to an activating group) is 1. The smallest absolute Gasteiger partial charge is 0.328 e. The van der Waals surface area contributed by atoms with Crippen molar-refractivity contribution in [2.45, 2.75) is 13.1 Å². The number of halogens is 1. The SMILES string of the molecule is COc1ccc2cc(CN(C)C(=O)Cn3cc(Br)c(=O)[nH]c3=O)ccc2c1. The highest BCUT2D eigenvalue weighted by Gasteiger charge is 2.12. The molecule has 1 amide bonds. The van der Waals surface area contributed by atoms with Crippen LogP contribution in [-0.4, -0.2) is 34.5 Å². The van der Waals surface area contributed by atoms with Gasteiger partial charge in [0.2, 0.25) is 5.91 Å². The molecule has 1 heterocycles. The van der Waals surface area contributed by atoms with Crippen LogP contribution in [0.4, 0.5) is 0 Å². The Morgan fingerprint density at radius 3 is 2.63 bits per heavy atom. The number of aromatic amines is 1. The summed E-state index contributed by atoms with van der Waals surface area (Å²) in [5.74, 6) is 0.547. The van der Waals surface area contributed by atoms with E-state index in [9.17, 15) is 14.4 Å². The second-order valence-corrected chi connectivity index (χ2v) is 7.02. The zero-order valence-electron chi connectivity index (χ0n) is 14.9. The van der Waals surface area contributed by atoms with Gasteiger partial charge in [-0.2, -0.15) is 0 Å². The monoisotopic (exact) mass is 431 g/mol. The lowest BCUT2D eigenvalue weighted by Gasteiger charge is -2.18. The molecule has 7 nitrogen and oxygen atoms in total. The minimum atomic E-state index is -0.621. The van der Waals surface area contributed by atoms with Gasteiger partial charge in [0.1, 0.15) is 12.3 Å². The molecule has 140 valence electrons. The molecule has 0 saturated carbocycles. The van der Waals surface area contributed by atoms with Gasteiger partial charge in [0.25, 0.3) is 5.56 Å². The van der Waals surface area contributed by atoms with Gasteiger partial charge in [-0.15, -0.1) is 0 Å². The number of carbonyl (C=O) groups excluding carboxylic acids is 1. The fourth-order valence-corrected chi connectivity index (χ4v) is 3.07. The molecule has 27 heavy (non-hydrogen) atoms. The van der Waals surface area contributed by atoms with Crippen LogP contribution < -0.4 is 16.0 Å². The summed E-state index contributed by atoms with van der Waals surface area (Å²) in [4.78, 5) is 39.3. The number of nitrogens with one attached hydrogen (secondary N) is 1. The van der Waals surface area contributed by atoms with Gasteiger partial charge in [0, 0.05) is 19.8 Å². The van der Waals surface area contributed by atoms with Crippen molar-refractivity contribution in [2.24, 2.45) is 0 Å². The molecular formula is C19H18BrN3O4. The van der Waals surface area contributed by atoms with Crippen molar-refractivity contribution < 1.29 is 9.53 Å². The standard InChI is InChI=1S/C19H18BrN3O4/c1-22(17(24)11-23-10-16(20)18(25)21-19(23)26)9-12-3-4-14-8-15(27-2)6-5-13(14)7-12/h3-8,10H,9,11H2,1-2H3,(H,21,25,26). The van der Waals surface area contributed by atoms with Crippen LogP contribution in [0, 0.1) is 0 Å². The summed E-state index contributed by atoms with van der Waals surface area (Å²) in [6.07, 6.45) is 1.32. The molecule has 0 aliphatic rings. The number of ether oxygens (including phenoxy) is 1. The van der Waals surface area contributed by atoms with Gasteiger partial charge >= 0.3 is 5.69 Å². The minimum Gasteiger partial charge on any atom is -0.497 e. The molecule has 0 spiro atoms. The lowest BCUT2D eigenvalue weighted by molar-refractivity contribution is -0.131. The van der Waals surface area contributed by atoms with E-state index in [1.54, 1.807) is 14.2 Å². The molecule has 1 N–H and O–H groups in total. The molecule has 1 aromatic heterocycles. The number of aromatic nitrogens is 2. The van der Waals surface area contributed by atoms with Gasteiger partial charge < -0.3 is 9.64 Å². The van der Waals surface area contributed by atoms with Crippen molar-refractivity contribution in [3.63, 3.8) is 0 Å². The molecule has 0 fully saturated rings. The topological polar surface area (TPSA) is 84.4 Å². The van der Waals surface area contributed by atoms with Gasteiger partial charge in [-0.05, 0) is 50.5 Å². The second kappa shape index (κ2) is 7.79. The lowest BCUT2D eigenvalue weighted by atomic mass is 10.1. The minimum absolute atomic E-state index is 0.157. The van der Waals surface area contributed by atoms with E-state index in [0.717, 1.165) is 26.7 Å². The van der Waals surface area contributed by atoms with Crippen LogP contribution in [0.1, 0.15) is 5.56 Å². The molecule has 0 aliphatic heterocycles. The van der Waals surface area contributed by atoms with Crippen molar-refractivity contribution in [1.82, 2.24) is 14.5 Å². The zero-order chi connectivity index (χ0) is 19.6. The highest BCUT2D eigenvalue weighted by atomic mass is 79.9. The van der Waals surface area contributed by atoms with Gasteiger partial charge in [-0.1, -0.05) is 18.2 Å². The van der Waals surface area contributed by atoms with Crippen molar-refractivity contribution in [1.29, 1.82) is 0 Å². The van der Waals surface area contributed by atoms with Crippen molar-refractivity contribution in [3.8, 4) is 5.75 Å². The first-order chi connectivity index (χ1) is 12.9. The Bertz CT molecular complexity index is 1120. The molecule has 0 unspecified atom stereocenters. The van der Waals surface area contributed by atoms with Crippen molar-refractivity contribution in [3.05, 3.63) is 73.5 Å². The largest absolute Gasteiger partial charge is 0.497 e. The Balaban J connectivity index is 1.74. The van der Waals surface area contributed by atoms with E-state index in [-0.39, 0.29) is 16.9 Å². The molecule has 0 saturated heterocycles. The molecule has 8 heteroatoms. The number of nitrogens with zero attached hydrogens (tertiary/aromatic N) is 2. The van der Waals surface area contributed by atoms with Gasteiger partial charge in [-0.3, -0.25) is 19.1 Å². The summed E-state index contributed by atoms with van der Waals surface area (Å²) in [6, 6.07) is 11.8. The number of rotatable bonds is 5. The van der Waals surface area contributed by atoms with Crippen LogP contribution in [0.2, 0.25) is 0 Å². The Labute approximate surface area is 163 Å². The fourth-order valence-electron chi connectivity index (χ4n) is 2.73. The third-order valence-electron chi connectivity index (χ3n) is 4.23. The van der Waals surface area contributed by atoms with E-state index in [2.05, 4.69) is 20.9 Å². The maximum absolute atomic E-state index is 12.5. The molecule has 0 aliphatic carbocycles. The summed E-state index contributed by atoms with van der Waals surface area (Å²) in [7, 11) is 3.30. The Morgan fingerprint density at radius 2 is 1.89 bits per heavy atom. The quantitative estimate of drug-likeness (QED) is 0.670. The predicted octanol–water partition coefficient (Wildman–Crippen LogP) is 2.12. The molecule has 0 radical (unpaired) electrons. The Morgan fingerprint density at radius 1 is 1.19 bits per heavy atom. The van der Waals surface area contributed by atoms with Gasteiger partial charge in [-0.25, -0.2) is 4.79 Å². The second-order valence-electron chi connectivity index (χ2n) is 6.16. The normalized spacial score (nSPS) is 10.8. The van der Waals surface area contributed by atoms with Crippen molar-refractivity contribution >= 4 is 32.6 Å². The summed E-state index contributed by atoms with van der Waals surface area (Å²) in [6.45, 7) is 0.246. The van der Waals surface area contributed by atoms with E-state index in [4.69, 9.17) is 4.74 Å². The van der Waals surface area contributed by atoms with Crippen LogP contribution in [0.5, 0.6) is 5.75 Å². The van der Waals surface area contributed by atoms with E-state index < -0.39 is 11.2 Å². The maximum Gasteiger partial charge on any atom is 0.328 e. The number of hydrogen-bond donors (Lipinski definition) is 1. The third-order valence-corrected chi connectivity index (χ3v) is 4.80. The van der Waals surface area contributed by atoms with Crippen LogP contribution in [-0.2, 0) is 17.9 Å². The summed E-state index contributed by atoms with van der Waals surface area (Å²) in [5.41, 5.74) is -0.173. The number of methoxy groups -OCH3 is 1. The zero-order valence-corrected chi connectivity index (χ0v) is 16.4. The lowest BCUT2D eigenvalue weighted by Crippen LogP contribution is -2.36. The van der Waals surface area contributed by atoms with Crippen LogP contribution in [0.3, 0.4) is 0 Å². The predicted molar refractivity (Wildman–Crippen MR) is 106 cm³/mol.